The van der Waals surface area contributed by atoms with E-state index >= 15 is 0 Å². The summed E-state index contributed by atoms with van der Waals surface area (Å²) in [5.41, 5.74) is 0. The van der Waals surface area contributed by atoms with Gasteiger partial charge in [0.1, 0.15) is 0 Å². The van der Waals surface area contributed by atoms with Gasteiger partial charge >= 0.3 is 0 Å². The molecular weight excluding hydrogens is 288 g/mol. The molecule has 0 amide bonds. The normalized spacial score (nSPS) is 14.6. The standard InChI is InChI=1S/C12H26O5S2/c1-7-9-11(3,4)18(13,14)17-19(15,16)12(5,6)10-8-2/h7-10H2,1-6H3. The second-order valence-electron chi connectivity index (χ2n) is 6.00. The van der Waals surface area contributed by atoms with Crippen molar-refractivity contribution in [3.63, 3.8) is 0 Å². The lowest BCUT2D eigenvalue weighted by Gasteiger charge is -2.27. The van der Waals surface area contributed by atoms with E-state index in [1.54, 1.807) is 0 Å². The fourth-order valence-corrected chi connectivity index (χ4v) is 5.08. The highest BCUT2D eigenvalue weighted by molar-refractivity contribution is 8.01. The van der Waals surface area contributed by atoms with Crippen LogP contribution < -0.4 is 0 Å². The summed E-state index contributed by atoms with van der Waals surface area (Å²) < 4.78 is 50.6. The monoisotopic (exact) mass is 314 g/mol. The number of hydrogen-bond acceptors (Lipinski definition) is 5. The molecule has 0 unspecified atom stereocenters. The Labute approximate surface area is 118 Å². The second kappa shape index (κ2) is 6.10. The fourth-order valence-electron chi connectivity index (χ4n) is 1.76. The first-order valence-corrected chi connectivity index (χ1v) is 9.35. The molecule has 0 aromatic heterocycles. The van der Waals surface area contributed by atoms with Gasteiger partial charge in [-0.15, -0.1) is 3.63 Å². The molecule has 0 atom stereocenters. The maximum Gasteiger partial charge on any atom is 0.287 e. The molecule has 0 aliphatic carbocycles. The summed E-state index contributed by atoms with van der Waals surface area (Å²) >= 11 is 0. The zero-order valence-electron chi connectivity index (χ0n) is 12.7. The molecule has 0 saturated carbocycles. The van der Waals surface area contributed by atoms with Crippen LogP contribution in [-0.2, 0) is 23.9 Å². The SMILES string of the molecule is CCCC(C)(C)S(=O)(=O)OS(=O)(=O)C(C)(C)CCC. The summed E-state index contributed by atoms with van der Waals surface area (Å²) in [5.74, 6) is 0. The topological polar surface area (TPSA) is 77.5 Å². The highest BCUT2D eigenvalue weighted by Gasteiger charge is 2.44. The van der Waals surface area contributed by atoms with Crippen molar-refractivity contribution in [2.75, 3.05) is 0 Å². The predicted octanol–water partition coefficient (Wildman–Crippen LogP) is 2.82. The Balaban J connectivity index is 5.35. The molecule has 116 valence electrons. The summed E-state index contributed by atoms with van der Waals surface area (Å²) in [4.78, 5) is 0. The Kier molecular flexibility index (Phi) is 6.05. The van der Waals surface area contributed by atoms with Crippen LogP contribution in [-0.4, -0.2) is 26.3 Å². The number of hydrogen-bond donors (Lipinski definition) is 0. The van der Waals surface area contributed by atoms with Crippen LogP contribution in [0.4, 0.5) is 0 Å². The van der Waals surface area contributed by atoms with Crippen molar-refractivity contribution in [3.8, 4) is 0 Å². The molecule has 0 fully saturated rings. The molecule has 0 bridgehead atoms. The van der Waals surface area contributed by atoms with Gasteiger partial charge in [0.15, 0.2) is 0 Å². The molecule has 0 saturated heterocycles. The molecule has 0 aromatic carbocycles. The van der Waals surface area contributed by atoms with Crippen molar-refractivity contribution in [2.24, 2.45) is 0 Å². The summed E-state index contributed by atoms with van der Waals surface area (Å²) in [6, 6.07) is 0. The van der Waals surface area contributed by atoms with Crippen molar-refractivity contribution in [1.82, 2.24) is 0 Å². The van der Waals surface area contributed by atoms with E-state index < -0.39 is 29.7 Å². The van der Waals surface area contributed by atoms with E-state index in [0.717, 1.165) is 0 Å². The molecule has 0 N–H and O–H groups in total. The molecule has 5 nitrogen and oxygen atoms in total. The zero-order valence-corrected chi connectivity index (χ0v) is 14.3. The quantitative estimate of drug-likeness (QED) is 0.688. The van der Waals surface area contributed by atoms with Crippen molar-refractivity contribution in [1.29, 1.82) is 0 Å². The predicted molar refractivity (Wildman–Crippen MR) is 76.9 cm³/mol. The molecule has 0 aliphatic rings. The van der Waals surface area contributed by atoms with Crippen LogP contribution in [0.1, 0.15) is 67.2 Å². The first kappa shape index (κ1) is 18.9. The largest absolute Gasteiger partial charge is 0.287 e. The van der Waals surface area contributed by atoms with E-state index in [1.165, 1.54) is 27.7 Å². The Morgan fingerprint density at radius 2 is 1.00 bits per heavy atom. The van der Waals surface area contributed by atoms with Gasteiger partial charge in [-0.05, 0) is 40.5 Å². The molecule has 0 aromatic rings. The van der Waals surface area contributed by atoms with E-state index in [-0.39, 0.29) is 0 Å². The summed E-state index contributed by atoms with van der Waals surface area (Å²) in [7, 11) is -8.34. The van der Waals surface area contributed by atoms with E-state index in [1.807, 2.05) is 13.8 Å². The Morgan fingerprint density at radius 3 is 1.21 bits per heavy atom. The minimum Gasteiger partial charge on any atom is -0.198 e. The summed E-state index contributed by atoms with van der Waals surface area (Å²) in [5, 5.41) is 0. The first-order valence-electron chi connectivity index (χ1n) is 6.53. The fraction of sp³-hybridized carbons (Fsp3) is 1.00. The first-order chi connectivity index (χ1) is 8.33. The highest BCUT2D eigenvalue weighted by atomic mass is 32.3. The van der Waals surface area contributed by atoms with Gasteiger partial charge in [-0.2, -0.15) is 16.8 Å². The maximum absolute atomic E-state index is 12.1. The van der Waals surface area contributed by atoms with Gasteiger partial charge in [0.25, 0.3) is 20.2 Å². The molecule has 0 rings (SSSR count). The average Bonchev–Trinajstić information content (AvgIpc) is 2.14. The van der Waals surface area contributed by atoms with E-state index in [2.05, 4.69) is 3.63 Å². The van der Waals surface area contributed by atoms with Gasteiger partial charge in [0.05, 0.1) is 9.49 Å². The summed E-state index contributed by atoms with van der Waals surface area (Å²) in [6.45, 7) is 9.60. The van der Waals surface area contributed by atoms with Crippen LogP contribution in [0.5, 0.6) is 0 Å². The molecule has 7 heteroatoms. The lowest BCUT2D eigenvalue weighted by atomic mass is 10.1. The lowest BCUT2D eigenvalue weighted by Crippen LogP contribution is -2.40. The van der Waals surface area contributed by atoms with Crippen LogP contribution >= 0.6 is 0 Å². The van der Waals surface area contributed by atoms with Crippen LogP contribution in [0.15, 0.2) is 0 Å². The van der Waals surface area contributed by atoms with Gasteiger partial charge in [-0.1, -0.05) is 26.7 Å². The van der Waals surface area contributed by atoms with Gasteiger partial charge in [0.2, 0.25) is 0 Å². The Bertz CT molecular complexity index is 440. The van der Waals surface area contributed by atoms with Crippen LogP contribution in [0.3, 0.4) is 0 Å². The van der Waals surface area contributed by atoms with Gasteiger partial charge < -0.3 is 0 Å². The minimum atomic E-state index is -4.17. The van der Waals surface area contributed by atoms with Crippen molar-refractivity contribution >= 4 is 20.2 Å². The molecule has 0 heterocycles. The third-order valence-electron chi connectivity index (χ3n) is 3.24. The third kappa shape index (κ3) is 4.43. The maximum atomic E-state index is 12.1. The summed E-state index contributed by atoms with van der Waals surface area (Å²) in [6.07, 6.45) is 1.96. The smallest absolute Gasteiger partial charge is 0.198 e. The lowest BCUT2D eigenvalue weighted by molar-refractivity contribution is 0.401. The molecule has 19 heavy (non-hydrogen) atoms. The molecular formula is C12H26O5S2. The van der Waals surface area contributed by atoms with E-state index in [4.69, 9.17) is 0 Å². The average molecular weight is 314 g/mol. The van der Waals surface area contributed by atoms with Crippen molar-refractivity contribution < 1.29 is 20.5 Å². The van der Waals surface area contributed by atoms with Crippen LogP contribution in [0.25, 0.3) is 0 Å². The van der Waals surface area contributed by atoms with Gasteiger partial charge in [-0.3, -0.25) is 0 Å². The van der Waals surface area contributed by atoms with Gasteiger partial charge in [0, 0.05) is 0 Å². The Hall–Kier alpha value is -0.140. The van der Waals surface area contributed by atoms with E-state index in [9.17, 15) is 16.8 Å². The minimum absolute atomic E-state index is 0.346. The zero-order chi connectivity index (χ0) is 15.5. The molecule has 0 aliphatic heterocycles. The molecule has 0 radical (unpaired) electrons. The van der Waals surface area contributed by atoms with Crippen LogP contribution in [0.2, 0.25) is 0 Å². The highest BCUT2D eigenvalue weighted by Crippen LogP contribution is 2.31. The van der Waals surface area contributed by atoms with E-state index in [0.29, 0.717) is 25.7 Å². The number of rotatable bonds is 8. The van der Waals surface area contributed by atoms with Gasteiger partial charge in [-0.25, -0.2) is 0 Å². The Morgan fingerprint density at radius 1 is 0.737 bits per heavy atom. The van der Waals surface area contributed by atoms with Crippen molar-refractivity contribution in [2.45, 2.75) is 76.7 Å². The third-order valence-corrected chi connectivity index (χ3v) is 7.79. The van der Waals surface area contributed by atoms with Crippen LogP contribution in [0, 0.1) is 0 Å². The molecule has 0 spiro atoms. The van der Waals surface area contributed by atoms with Crippen molar-refractivity contribution in [3.05, 3.63) is 0 Å². The second-order valence-corrected chi connectivity index (χ2v) is 10.6.